The Labute approximate surface area is 313 Å². The summed E-state index contributed by atoms with van der Waals surface area (Å²) < 4.78 is 2.26. The third-order valence-corrected chi connectivity index (χ3v) is 12.0. The number of para-hydroxylation sites is 3. The predicted molar refractivity (Wildman–Crippen MR) is 223 cm³/mol. The van der Waals surface area contributed by atoms with Crippen LogP contribution in [0.25, 0.3) is 83.0 Å². The molecule has 0 aliphatic heterocycles. The van der Waals surface area contributed by atoms with Gasteiger partial charge in [-0.1, -0.05) is 140 Å². The van der Waals surface area contributed by atoms with Crippen LogP contribution in [-0.2, 0) is 5.41 Å². The van der Waals surface area contributed by atoms with Crippen LogP contribution in [0.4, 0.5) is 0 Å². The summed E-state index contributed by atoms with van der Waals surface area (Å²) in [7, 11) is 0. The van der Waals surface area contributed by atoms with Crippen LogP contribution < -0.4 is 0 Å². The van der Waals surface area contributed by atoms with E-state index in [4.69, 9.17) is 4.98 Å². The standard InChI is InChI=1S/C52H32N2/c1-2-14-40(15-3-1)54-50-21-11-10-20-49(50)53-51(54)34-24-22-33(23-25-34)37-26-27-38-30-44-43-29-35-12-4-5-13-36(35)31-47(43)52(48(44)32-39(38)28-37)45-18-8-6-16-41(45)42-17-7-9-19-46(42)52/h1-32H. The molecule has 2 nitrogen and oxygen atoms in total. The van der Waals surface area contributed by atoms with Gasteiger partial charge in [0.15, 0.2) is 0 Å². The van der Waals surface area contributed by atoms with Gasteiger partial charge in [0.05, 0.1) is 16.4 Å². The van der Waals surface area contributed by atoms with E-state index in [9.17, 15) is 0 Å². The largest absolute Gasteiger partial charge is 0.292 e. The van der Waals surface area contributed by atoms with Crippen molar-refractivity contribution < 1.29 is 0 Å². The molecule has 54 heavy (non-hydrogen) atoms. The number of nitrogens with zero attached hydrogens (tertiary/aromatic N) is 2. The van der Waals surface area contributed by atoms with Gasteiger partial charge in [-0.2, -0.15) is 0 Å². The van der Waals surface area contributed by atoms with Gasteiger partial charge in [-0.3, -0.25) is 4.57 Å². The molecule has 0 atom stereocenters. The fraction of sp³-hybridized carbons (Fsp3) is 0.0192. The van der Waals surface area contributed by atoms with E-state index >= 15 is 0 Å². The van der Waals surface area contributed by atoms with Crippen LogP contribution in [0, 0.1) is 0 Å². The van der Waals surface area contributed by atoms with Crippen LogP contribution in [0.5, 0.6) is 0 Å². The van der Waals surface area contributed by atoms with Crippen molar-refractivity contribution in [1.82, 2.24) is 9.55 Å². The molecule has 1 aromatic heterocycles. The molecule has 250 valence electrons. The minimum Gasteiger partial charge on any atom is -0.292 e. The Kier molecular flexibility index (Phi) is 6.01. The molecule has 0 saturated carbocycles. The molecule has 1 heterocycles. The van der Waals surface area contributed by atoms with Crippen molar-refractivity contribution >= 4 is 32.6 Å². The highest BCUT2D eigenvalue weighted by Crippen LogP contribution is 2.63. The van der Waals surface area contributed by atoms with Gasteiger partial charge in [0.2, 0.25) is 0 Å². The molecule has 0 amide bonds. The van der Waals surface area contributed by atoms with Gasteiger partial charge < -0.3 is 0 Å². The van der Waals surface area contributed by atoms with Crippen molar-refractivity contribution in [2.75, 3.05) is 0 Å². The quantitative estimate of drug-likeness (QED) is 0.181. The first-order valence-corrected chi connectivity index (χ1v) is 18.7. The molecule has 0 fully saturated rings. The summed E-state index contributed by atoms with van der Waals surface area (Å²) in [4.78, 5) is 5.10. The first-order valence-electron chi connectivity index (χ1n) is 18.7. The van der Waals surface area contributed by atoms with Gasteiger partial charge in [0.1, 0.15) is 5.82 Å². The molecule has 1 spiro atoms. The zero-order valence-corrected chi connectivity index (χ0v) is 29.4. The third kappa shape index (κ3) is 3.97. The summed E-state index contributed by atoms with van der Waals surface area (Å²) >= 11 is 0. The first-order chi connectivity index (χ1) is 26.8. The molecule has 0 unspecified atom stereocenters. The Hall–Kier alpha value is -7.03. The Bertz CT molecular complexity index is 3100. The molecule has 0 radical (unpaired) electrons. The molecular weight excluding hydrogens is 653 g/mol. The van der Waals surface area contributed by atoms with Crippen LogP contribution in [0.2, 0.25) is 0 Å². The minimum absolute atomic E-state index is 0.391. The highest BCUT2D eigenvalue weighted by molar-refractivity contribution is 6.03. The van der Waals surface area contributed by atoms with E-state index in [2.05, 4.69) is 199 Å². The van der Waals surface area contributed by atoms with E-state index in [-0.39, 0.29) is 0 Å². The number of hydrogen-bond donors (Lipinski definition) is 0. The van der Waals surface area contributed by atoms with E-state index in [1.54, 1.807) is 0 Å². The van der Waals surface area contributed by atoms with E-state index in [1.165, 1.54) is 77.2 Å². The van der Waals surface area contributed by atoms with Gasteiger partial charge in [0.25, 0.3) is 0 Å². The lowest BCUT2D eigenvalue weighted by Gasteiger charge is -2.30. The number of imidazole rings is 1. The van der Waals surface area contributed by atoms with Crippen molar-refractivity contribution in [3.05, 3.63) is 216 Å². The molecule has 2 aliphatic rings. The summed E-state index contributed by atoms with van der Waals surface area (Å²) in [6.45, 7) is 0. The number of aromatic nitrogens is 2. The molecular formula is C52H32N2. The predicted octanol–water partition coefficient (Wildman–Crippen LogP) is 13.0. The Morgan fingerprint density at radius 3 is 1.61 bits per heavy atom. The molecule has 0 bridgehead atoms. The number of benzene rings is 9. The second-order valence-electron chi connectivity index (χ2n) is 14.7. The lowest BCUT2D eigenvalue weighted by atomic mass is 9.70. The summed E-state index contributed by atoms with van der Waals surface area (Å²) in [6, 6.07) is 71.5. The summed E-state index contributed by atoms with van der Waals surface area (Å²) in [6.07, 6.45) is 0. The second kappa shape index (κ2) is 11.0. The fourth-order valence-corrected chi connectivity index (χ4v) is 9.61. The maximum atomic E-state index is 5.10. The van der Waals surface area contributed by atoms with Crippen molar-refractivity contribution in [3.63, 3.8) is 0 Å². The topological polar surface area (TPSA) is 17.8 Å². The van der Waals surface area contributed by atoms with Gasteiger partial charge in [-0.15, -0.1) is 0 Å². The summed E-state index contributed by atoms with van der Waals surface area (Å²) in [5, 5.41) is 5.05. The van der Waals surface area contributed by atoms with Crippen LogP contribution in [0.15, 0.2) is 194 Å². The number of fused-ring (bicyclic) bond motifs is 13. The molecule has 2 aliphatic carbocycles. The smallest absolute Gasteiger partial charge is 0.145 e. The van der Waals surface area contributed by atoms with Gasteiger partial charge in [0, 0.05) is 11.3 Å². The Morgan fingerprint density at radius 1 is 0.352 bits per heavy atom. The summed E-state index contributed by atoms with van der Waals surface area (Å²) in [5.41, 5.74) is 17.1. The molecule has 12 rings (SSSR count). The zero-order valence-electron chi connectivity index (χ0n) is 29.4. The van der Waals surface area contributed by atoms with Crippen LogP contribution >= 0.6 is 0 Å². The lowest BCUT2D eigenvalue weighted by molar-refractivity contribution is 0.796. The highest BCUT2D eigenvalue weighted by atomic mass is 15.1. The fourth-order valence-electron chi connectivity index (χ4n) is 9.61. The van der Waals surface area contributed by atoms with E-state index < -0.39 is 5.41 Å². The van der Waals surface area contributed by atoms with Gasteiger partial charge in [-0.25, -0.2) is 4.98 Å². The van der Waals surface area contributed by atoms with Crippen LogP contribution in [0.1, 0.15) is 22.3 Å². The Balaban J connectivity index is 1.03. The number of rotatable bonds is 3. The SMILES string of the molecule is c1ccc(-n2c(-c3ccc(-c4ccc5cc6c(cc5c4)C4(c5ccccc5-c5ccccc54)c4cc5ccccc5cc4-6)cc3)nc3ccccc32)cc1. The van der Waals surface area contributed by atoms with E-state index in [1.807, 2.05) is 0 Å². The van der Waals surface area contributed by atoms with Crippen molar-refractivity contribution in [2.24, 2.45) is 0 Å². The first kappa shape index (κ1) is 29.5. The zero-order chi connectivity index (χ0) is 35.4. The maximum absolute atomic E-state index is 5.10. The van der Waals surface area contributed by atoms with E-state index in [0.717, 1.165) is 28.1 Å². The monoisotopic (exact) mass is 684 g/mol. The van der Waals surface area contributed by atoms with Crippen molar-refractivity contribution in [2.45, 2.75) is 5.41 Å². The second-order valence-corrected chi connectivity index (χ2v) is 14.7. The molecule has 0 N–H and O–H groups in total. The van der Waals surface area contributed by atoms with Crippen LogP contribution in [-0.4, -0.2) is 9.55 Å². The molecule has 9 aromatic carbocycles. The van der Waals surface area contributed by atoms with Gasteiger partial charge >= 0.3 is 0 Å². The average Bonchev–Trinajstić information content (AvgIpc) is 3.86. The van der Waals surface area contributed by atoms with Gasteiger partial charge in [-0.05, 0) is 132 Å². The maximum Gasteiger partial charge on any atom is 0.145 e. The minimum atomic E-state index is -0.391. The average molecular weight is 685 g/mol. The van der Waals surface area contributed by atoms with Crippen LogP contribution in [0.3, 0.4) is 0 Å². The normalized spacial score (nSPS) is 13.3. The molecule has 10 aromatic rings. The lowest BCUT2D eigenvalue weighted by Crippen LogP contribution is -2.25. The molecule has 0 saturated heterocycles. The summed E-state index contributed by atoms with van der Waals surface area (Å²) in [5.74, 6) is 0.942. The van der Waals surface area contributed by atoms with Crippen molar-refractivity contribution in [3.8, 4) is 50.5 Å². The Morgan fingerprint density at radius 2 is 0.889 bits per heavy atom. The van der Waals surface area contributed by atoms with Crippen molar-refractivity contribution in [1.29, 1.82) is 0 Å². The van der Waals surface area contributed by atoms with E-state index in [0.29, 0.717) is 0 Å². The number of hydrogen-bond acceptors (Lipinski definition) is 1. The molecule has 2 heteroatoms. The highest BCUT2D eigenvalue weighted by Gasteiger charge is 2.51. The third-order valence-electron chi connectivity index (χ3n) is 12.0.